The highest BCUT2D eigenvalue weighted by molar-refractivity contribution is 6.28. The Labute approximate surface area is 123 Å². The molecular weight excluding hydrogens is 276 g/mol. The highest BCUT2D eigenvalue weighted by Crippen LogP contribution is 2.32. The van der Waals surface area contributed by atoms with Gasteiger partial charge in [-0.25, -0.2) is 0 Å². The van der Waals surface area contributed by atoms with Gasteiger partial charge in [-0.15, -0.1) is 0 Å². The predicted octanol–water partition coefficient (Wildman–Crippen LogP) is 2.63. The van der Waals surface area contributed by atoms with Gasteiger partial charge in [-0.1, -0.05) is 0 Å². The normalized spacial score (nSPS) is 19.4. The fourth-order valence-electron chi connectivity index (χ4n) is 2.93. The Morgan fingerprint density at radius 1 is 1.45 bits per heavy atom. The maximum atomic E-state index is 9.51. The lowest BCUT2D eigenvalue weighted by Gasteiger charge is -2.24. The number of aromatic nitrogens is 3. The molecule has 5 nitrogen and oxygen atoms in total. The van der Waals surface area contributed by atoms with Crippen LogP contribution in [0, 0.1) is 0 Å². The largest absolute Gasteiger partial charge is 0.394 e. The standard InChI is InChI=1S/C14H19ClN4O/c1-9(2)18-7-5-11-12(18)16-14(15)17-13(11)19-6-3-4-10(19)8-20/h5,7,9-10,20H,3-4,6,8H2,1-2H3/t10-/m0/s1. The molecule has 0 spiro atoms. The van der Waals surface area contributed by atoms with Gasteiger partial charge in [-0.2, -0.15) is 9.97 Å². The van der Waals surface area contributed by atoms with Crippen molar-refractivity contribution in [3.63, 3.8) is 0 Å². The van der Waals surface area contributed by atoms with Crippen molar-refractivity contribution in [2.45, 2.75) is 38.8 Å². The van der Waals surface area contributed by atoms with Gasteiger partial charge in [0.15, 0.2) is 0 Å². The van der Waals surface area contributed by atoms with Gasteiger partial charge < -0.3 is 14.6 Å². The van der Waals surface area contributed by atoms with Crippen LogP contribution in [-0.2, 0) is 0 Å². The molecule has 2 aromatic heterocycles. The molecule has 0 aliphatic carbocycles. The Morgan fingerprint density at radius 3 is 2.95 bits per heavy atom. The molecule has 6 heteroatoms. The molecular formula is C14H19ClN4O. The van der Waals surface area contributed by atoms with Crippen molar-refractivity contribution >= 4 is 28.5 Å². The molecule has 0 aromatic carbocycles. The van der Waals surface area contributed by atoms with E-state index in [9.17, 15) is 5.11 Å². The Hall–Kier alpha value is -1.33. The van der Waals surface area contributed by atoms with Crippen molar-refractivity contribution in [2.24, 2.45) is 0 Å². The first-order valence-corrected chi connectivity index (χ1v) is 7.41. The van der Waals surface area contributed by atoms with Crippen LogP contribution in [0.3, 0.4) is 0 Å². The number of hydrogen-bond acceptors (Lipinski definition) is 4. The molecule has 3 heterocycles. The molecule has 0 amide bonds. The summed E-state index contributed by atoms with van der Waals surface area (Å²) >= 11 is 6.10. The van der Waals surface area contributed by atoms with Crippen LogP contribution in [0.4, 0.5) is 5.82 Å². The van der Waals surface area contributed by atoms with Gasteiger partial charge in [0.1, 0.15) is 11.5 Å². The summed E-state index contributed by atoms with van der Waals surface area (Å²) in [5, 5.41) is 10.8. The van der Waals surface area contributed by atoms with E-state index in [1.165, 1.54) is 0 Å². The lowest BCUT2D eigenvalue weighted by molar-refractivity contribution is 0.266. The van der Waals surface area contributed by atoms with E-state index < -0.39 is 0 Å². The predicted molar refractivity (Wildman–Crippen MR) is 80.4 cm³/mol. The molecule has 1 aliphatic heterocycles. The smallest absolute Gasteiger partial charge is 0.226 e. The van der Waals surface area contributed by atoms with E-state index in [4.69, 9.17) is 11.6 Å². The first-order chi connectivity index (χ1) is 9.61. The van der Waals surface area contributed by atoms with Gasteiger partial charge in [0.05, 0.1) is 18.0 Å². The van der Waals surface area contributed by atoms with E-state index >= 15 is 0 Å². The molecule has 0 saturated carbocycles. The fraction of sp³-hybridized carbons (Fsp3) is 0.571. The van der Waals surface area contributed by atoms with Crippen LogP contribution >= 0.6 is 11.6 Å². The summed E-state index contributed by atoms with van der Waals surface area (Å²) in [7, 11) is 0. The first kappa shape index (κ1) is 13.6. The van der Waals surface area contributed by atoms with Crippen molar-refractivity contribution in [1.82, 2.24) is 14.5 Å². The second kappa shape index (κ2) is 5.22. The molecule has 0 bridgehead atoms. The van der Waals surface area contributed by atoms with E-state index in [2.05, 4.69) is 33.3 Å². The van der Waals surface area contributed by atoms with Crippen LogP contribution in [0.25, 0.3) is 11.0 Å². The summed E-state index contributed by atoms with van der Waals surface area (Å²) in [6.07, 6.45) is 4.08. The van der Waals surface area contributed by atoms with Gasteiger partial charge in [0, 0.05) is 18.8 Å². The SMILES string of the molecule is CC(C)n1ccc2c(N3CCC[C@H]3CO)nc(Cl)nc21. The zero-order valence-corrected chi connectivity index (χ0v) is 12.5. The number of nitrogens with zero attached hydrogens (tertiary/aromatic N) is 4. The molecule has 1 atom stereocenters. The topological polar surface area (TPSA) is 54.2 Å². The molecule has 1 saturated heterocycles. The van der Waals surface area contributed by atoms with Crippen LogP contribution in [0.5, 0.6) is 0 Å². The van der Waals surface area contributed by atoms with Gasteiger partial charge in [-0.05, 0) is 44.4 Å². The van der Waals surface area contributed by atoms with E-state index in [1.54, 1.807) is 0 Å². The summed E-state index contributed by atoms with van der Waals surface area (Å²) in [5.41, 5.74) is 0.860. The molecule has 2 aromatic rings. The van der Waals surface area contributed by atoms with Crippen LogP contribution in [0.15, 0.2) is 12.3 Å². The van der Waals surface area contributed by atoms with Crippen molar-refractivity contribution in [1.29, 1.82) is 0 Å². The number of hydrogen-bond donors (Lipinski definition) is 1. The third-order valence-electron chi connectivity index (χ3n) is 3.94. The van der Waals surface area contributed by atoms with Crippen LogP contribution in [0.1, 0.15) is 32.7 Å². The monoisotopic (exact) mass is 294 g/mol. The summed E-state index contributed by atoms with van der Waals surface area (Å²) in [5.74, 6) is 0.843. The second-order valence-electron chi connectivity index (χ2n) is 5.54. The Morgan fingerprint density at radius 2 is 2.25 bits per heavy atom. The lowest BCUT2D eigenvalue weighted by Crippen LogP contribution is -2.33. The molecule has 1 N–H and O–H groups in total. The van der Waals surface area contributed by atoms with Crippen molar-refractivity contribution in [3.05, 3.63) is 17.5 Å². The molecule has 1 fully saturated rings. The number of rotatable bonds is 3. The lowest BCUT2D eigenvalue weighted by atomic mass is 10.2. The zero-order valence-electron chi connectivity index (χ0n) is 11.8. The number of aliphatic hydroxyl groups excluding tert-OH is 1. The summed E-state index contributed by atoms with van der Waals surface area (Å²) in [6.45, 7) is 5.28. The second-order valence-corrected chi connectivity index (χ2v) is 5.88. The number of aliphatic hydroxyl groups is 1. The van der Waals surface area contributed by atoms with Gasteiger partial charge in [0.25, 0.3) is 0 Å². The Balaban J connectivity index is 2.15. The minimum atomic E-state index is 0.131. The highest BCUT2D eigenvalue weighted by Gasteiger charge is 2.27. The number of fused-ring (bicyclic) bond motifs is 1. The van der Waals surface area contributed by atoms with Gasteiger partial charge in [0.2, 0.25) is 5.28 Å². The average molecular weight is 295 g/mol. The summed E-state index contributed by atoms with van der Waals surface area (Å²) in [4.78, 5) is 10.9. The fourth-order valence-corrected chi connectivity index (χ4v) is 3.09. The van der Waals surface area contributed by atoms with E-state index in [0.29, 0.717) is 6.04 Å². The number of anilines is 1. The quantitative estimate of drug-likeness (QED) is 0.884. The van der Waals surface area contributed by atoms with Crippen molar-refractivity contribution in [2.75, 3.05) is 18.1 Å². The minimum absolute atomic E-state index is 0.131. The van der Waals surface area contributed by atoms with Crippen molar-refractivity contribution in [3.8, 4) is 0 Å². The number of halogens is 1. The maximum Gasteiger partial charge on any atom is 0.226 e. The molecule has 3 rings (SSSR count). The van der Waals surface area contributed by atoms with Crippen LogP contribution in [0.2, 0.25) is 5.28 Å². The van der Waals surface area contributed by atoms with Gasteiger partial charge in [-0.3, -0.25) is 0 Å². The molecule has 0 unspecified atom stereocenters. The Kier molecular flexibility index (Phi) is 3.56. The van der Waals surface area contributed by atoms with Gasteiger partial charge >= 0.3 is 0 Å². The van der Waals surface area contributed by atoms with Crippen molar-refractivity contribution < 1.29 is 5.11 Å². The molecule has 1 aliphatic rings. The Bertz CT molecular complexity index is 625. The minimum Gasteiger partial charge on any atom is -0.394 e. The summed E-state index contributed by atoms with van der Waals surface area (Å²) < 4.78 is 2.09. The third kappa shape index (κ3) is 2.15. The van der Waals surface area contributed by atoms with E-state index in [0.717, 1.165) is 36.2 Å². The van der Waals surface area contributed by atoms with E-state index in [-0.39, 0.29) is 17.9 Å². The van der Waals surface area contributed by atoms with Crippen LogP contribution < -0.4 is 4.90 Å². The van der Waals surface area contributed by atoms with E-state index in [1.807, 2.05) is 12.3 Å². The first-order valence-electron chi connectivity index (χ1n) is 7.03. The maximum absolute atomic E-state index is 9.51. The molecule has 0 radical (unpaired) electrons. The molecule has 20 heavy (non-hydrogen) atoms. The van der Waals surface area contributed by atoms with Crippen LogP contribution in [-0.4, -0.2) is 38.8 Å². The molecule has 108 valence electrons. The average Bonchev–Trinajstić information content (AvgIpc) is 3.03. The zero-order chi connectivity index (χ0) is 14.3. The summed E-state index contributed by atoms with van der Waals surface area (Å²) in [6, 6.07) is 2.48. The third-order valence-corrected chi connectivity index (χ3v) is 4.11. The highest BCUT2D eigenvalue weighted by atomic mass is 35.5.